The molecule has 0 atom stereocenters. The van der Waals surface area contributed by atoms with Gasteiger partial charge in [0.05, 0.1) is 0 Å². The lowest BCUT2D eigenvalue weighted by molar-refractivity contribution is 0.617. The van der Waals surface area contributed by atoms with Gasteiger partial charge in [0.25, 0.3) is 0 Å². The van der Waals surface area contributed by atoms with Crippen molar-refractivity contribution in [2.75, 3.05) is 0 Å². The number of hydrogen-bond acceptors (Lipinski definition) is 0. The van der Waals surface area contributed by atoms with E-state index in [0.29, 0.717) is 0 Å². The molecule has 0 heteroatoms. The molecule has 0 aromatic carbocycles. The van der Waals surface area contributed by atoms with E-state index < -0.39 is 0 Å². The van der Waals surface area contributed by atoms with Crippen molar-refractivity contribution in [3.05, 3.63) is 22.8 Å². The second-order valence-electron chi connectivity index (χ2n) is 4.73. The van der Waals surface area contributed by atoms with Gasteiger partial charge in [0.2, 0.25) is 0 Å². The fourth-order valence-electron chi connectivity index (χ4n) is 2.50. The molecule has 0 radical (unpaired) electrons. The highest BCUT2D eigenvalue weighted by molar-refractivity contribution is 5.31. The average molecular weight is 176 g/mol. The van der Waals surface area contributed by atoms with Gasteiger partial charge in [-0.25, -0.2) is 0 Å². The van der Waals surface area contributed by atoms with Crippen LogP contribution in [0.25, 0.3) is 0 Å². The van der Waals surface area contributed by atoms with Gasteiger partial charge in [0.1, 0.15) is 0 Å². The molecule has 0 saturated heterocycles. The van der Waals surface area contributed by atoms with Gasteiger partial charge in [-0.3, -0.25) is 0 Å². The van der Waals surface area contributed by atoms with Crippen LogP contribution >= 0.6 is 0 Å². The molecule has 0 aromatic heterocycles. The predicted octanol–water partition coefficient (Wildman–Crippen LogP) is 4.23. The quantitative estimate of drug-likeness (QED) is 0.524. The fourth-order valence-corrected chi connectivity index (χ4v) is 2.50. The predicted molar refractivity (Wildman–Crippen MR) is 57.6 cm³/mol. The van der Waals surface area contributed by atoms with Crippen LogP contribution in [0.3, 0.4) is 0 Å². The molecule has 13 heavy (non-hydrogen) atoms. The number of rotatable bonds is 1. The molecular formula is C13H20. The van der Waals surface area contributed by atoms with E-state index in [1.54, 1.807) is 16.7 Å². The summed E-state index contributed by atoms with van der Waals surface area (Å²) < 4.78 is 0. The monoisotopic (exact) mass is 176 g/mol. The van der Waals surface area contributed by atoms with Crippen LogP contribution < -0.4 is 0 Å². The van der Waals surface area contributed by atoms with E-state index in [9.17, 15) is 0 Å². The van der Waals surface area contributed by atoms with Crippen LogP contribution in [-0.2, 0) is 0 Å². The van der Waals surface area contributed by atoms with Crippen molar-refractivity contribution >= 4 is 0 Å². The minimum atomic E-state index is 0.760. The Bertz CT molecular complexity index is 253. The summed E-state index contributed by atoms with van der Waals surface area (Å²) in [5.74, 6) is 0.760. The van der Waals surface area contributed by atoms with Crippen molar-refractivity contribution in [2.45, 2.75) is 52.4 Å². The van der Waals surface area contributed by atoms with Crippen LogP contribution in [0.2, 0.25) is 0 Å². The molecule has 0 heterocycles. The summed E-state index contributed by atoms with van der Waals surface area (Å²) >= 11 is 0. The molecule has 72 valence electrons. The maximum atomic E-state index is 2.48. The Labute approximate surface area is 81.7 Å². The van der Waals surface area contributed by atoms with Gasteiger partial charge in [0.15, 0.2) is 0 Å². The van der Waals surface area contributed by atoms with Crippen LogP contribution in [0.4, 0.5) is 0 Å². The van der Waals surface area contributed by atoms with Crippen molar-refractivity contribution in [3.63, 3.8) is 0 Å². The molecule has 0 fully saturated rings. The third-order valence-corrected chi connectivity index (χ3v) is 3.48. The summed E-state index contributed by atoms with van der Waals surface area (Å²) in [6.07, 6.45) is 10.7. The Morgan fingerprint density at radius 2 is 1.77 bits per heavy atom. The third-order valence-electron chi connectivity index (χ3n) is 3.48. The van der Waals surface area contributed by atoms with Gasteiger partial charge >= 0.3 is 0 Å². The highest BCUT2D eigenvalue weighted by atomic mass is 14.2. The molecule has 0 nitrogen and oxygen atoms in total. The first-order chi connectivity index (χ1) is 6.27. The lowest BCUT2D eigenvalue weighted by Crippen LogP contribution is -2.08. The van der Waals surface area contributed by atoms with Crippen molar-refractivity contribution in [2.24, 2.45) is 5.92 Å². The molecule has 0 amide bonds. The zero-order chi connectivity index (χ0) is 9.26. The molecule has 0 unspecified atom stereocenters. The highest BCUT2D eigenvalue weighted by Crippen LogP contribution is 2.36. The summed E-state index contributed by atoms with van der Waals surface area (Å²) in [6.45, 7) is 4.64. The van der Waals surface area contributed by atoms with E-state index in [4.69, 9.17) is 0 Å². The van der Waals surface area contributed by atoms with Crippen LogP contribution in [0.1, 0.15) is 52.4 Å². The van der Waals surface area contributed by atoms with Gasteiger partial charge in [-0.1, -0.05) is 36.6 Å². The Morgan fingerprint density at radius 1 is 1.08 bits per heavy atom. The molecular weight excluding hydrogens is 156 g/mol. The third kappa shape index (κ3) is 1.87. The van der Waals surface area contributed by atoms with Crippen LogP contribution in [0.15, 0.2) is 22.8 Å². The van der Waals surface area contributed by atoms with Crippen molar-refractivity contribution in [1.82, 2.24) is 0 Å². The van der Waals surface area contributed by atoms with Crippen molar-refractivity contribution in [3.8, 4) is 0 Å². The van der Waals surface area contributed by atoms with E-state index in [0.717, 1.165) is 5.92 Å². The normalized spacial score (nSPS) is 23.2. The van der Waals surface area contributed by atoms with Gasteiger partial charge < -0.3 is 0 Å². The Hall–Kier alpha value is -0.520. The minimum absolute atomic E-state index is 0.760. The molecule has 0 bridgehead atoms. The molecule has 0 spiro atoms. The van der Waals surface area contributed by atoms with Gasteiger partial charge in [-0.2, -0.15) is 0 Å². The smallest absolute Gasteiger partial charge is 0.0103 e. The second kappa shape index (κ2) is 3.69. The topological polar surface area (TPSA) is 0 Å². The maximum absolute atomic E-state index is 2.48. The SMILES string of the molecule is CC(C)C1=CCC2=C(CCCC2)C1. The highest BCUT2D eigenvalue weighted by Gasteiger charge is 2.18. The second-order valence-corrected chi connectivity index (χ2v) is 4.73. The molecule has 2 aliphatic carbocycles. The summed E-state index contributed by atoms with van der Waals surface area (Å²) in [7, 11) is 0. The van der Waals surface area contributed by atoms with Crippen molar-refractivity contribution < 1.29 is 0 Å². The minimum Gasteiger partial charge on any atom is -0.0807 e. The molecule has 2 rings (SSSR count). The standard InChI is InChI=1S/C13H20/c1-10(2)12-8-7-11-5-3-4-6-13(11)9-12/h8,10H,3-7,9H2,1-2H3. The van der Waals surface area contributed by atoms with Crippen LogP contribution in [-0.4, -0.2) is 0 Å². The Morgan fingerprint density at radius 3 is 2.46 bits per heavy atom. The summed E-state index contributed by atoms with van der Waals surface area (Å²) in [4.78, 5) is 0. The summed E-state index contributed by atoms with van der Waals surface area (Å²) in [6, 6.07) is 0. The Kier molecular flexibility index (Phi) is 2.57. The van der Waals surface area contributed by atoms with E-state index in [1.807, 2.05) is 0 Å². The van der Waals surface area contributed by atoms with Crippen LogP contribution in [0, 0.1) is 5.92 Å². The molecule has 0 saturated carbocycles. The van der Waals surface area contributed by atoms with Gasteiger partial charge in [0, 0.05) is 0 Å². The molecule has 2 aliphatic rings. The van der Waals surface area contributed by atoms with Crippen molar-refractivity contribution in [1.29, 1.82) is 0 Å². The Balaban J connectivity index is 2.09. The van der Waals surface area contributed by atoms with Gasteiger partial charge in [-0.05, 0) is 44.4 Å². The zero-order valence-electron chi connectivity index (χ0n) is 8.90. The van der Waals surface area contributed by atoms with E-state index >= 15 is 0 Å². The van der Waals surface area contributed by atoms with E-state index in [2.05, 4.69) is 19.9 Å². The zero-order valence-corrected chi connectivity index (χ0v) is 8.90. The first kappa shape index (κ1) is 9.05. The van der Waals surface area contributed by atoms with Crippen LogP contribution in [0.5, 0.6) is 0 Å². The number of allylic oxidation sites excluding steroid dienone is 4. The molecule has 0 aliphatic heterocycles. The largest absolute Gasteiger partial charge is 0.0807 e. The summed E-state index contributed by atoms with van der Waals surface area (Å²) in [5, 5.41) is 0. The maximum Gasteiger partial charge on any atom is -0.0103 e. The van der Waals surface area contributed by atoms with E-state index in [1.165, 1.54) is 38.5 Å². The number of hydrogen-bond donors (Lipinski definition) is 0. The first-order valence-electron chi connectivity index (χ1n) is 5.66. The first-order valence-corrected chi connectivity index (χ1v) is 5.66. The lowest BCUT2D eigenvalue weighted by Gasteiger charge is -2.26. The fraction of sp³-hybridized carbons (Fsp3) is 0.692. The molecule has 0 N–H and O–H groups in total. The lowest BCUT2D eigenvalue weighted by atomic mass is 9.80. The van der Waals surface area contributed by atoms with Gasteiger partial charge in [-0.15, -0.1) is 0 Å². The van der Waals surface area contributed by atoms with E-state index in [-0.39, 0.29) is 0 Å². The molecule has 0 aromatic rings. The summed E-state index contributed by atoms with van der Waals surface area (Å²) in [5.41, 5.74) is 5.24. The average Bonchev–Trinajstić information content (AvgIpc) is 2.17.